The van der Waals surface area contributed by atoms with Gasteiger partial charge in [0.2, 0.25) is 11.2 Å². The summed E-state index contributed by atoms with van der Waals surface area (Å²) in [5.74, 6) is -1.82. The van der Waals surface area contributed by atoms with Crippen LogP contribution in [-0.4, -0.2) is 58.6 Å². The van der Waals surface area contributed by atoms with Crippen molar-refractivity contribution in [1.29, 1.82) is 0 Å². The molecule has 0 aliphatic rings. The van der Waals surface area contributed by atoms with Gasteiger partial charge in [-0.1, -0.05) is 0 Å². The fourth-order valence-electron chi connectivity index (χ4n) is 3.65. The minimum Gasteiger partial charge on any atom is -0.493 e. The highest BCUT2D eigenvalue weighted by atomic mass is 16.6. The normalized spacial score (nSPS) is 10.6. The fraction of sp³-hybridized carbons (Fsp3) is 0.333. The van der Waals surface area contributed by atoms with Crippen LogP contribution < -0.4 is 19.6 Å². The Labute approximate surface area is 218 Å². The third-order valence-electron chi connectivity index (χ3n) is 5.24. The van der Waals surface area contributed by atoms with Gasteiger partial charge in [0.25, 0.3) is 0 Å². The van der Waals surface area contributed by atoms with Crippen molar-refractivity contribution in [2.24, 2.45) is 0 Å². The molecule has 0 spiro atoms. The second kappa shape index (κ2) is 12.6. The van der Waals surface area contributed by atoms with Gasteiger partial charge >= 0.3 is 17.9 Å². The first-order valence-electron chi connectivity index (χ1n) is 11.8. The summed E-state index contributed by atoms with van der Waals surface area (Å²) in [6.45, 7) is 4.89. The topological polar surface area (TPSA) is 137 Å². The molecule has 0 atom stereocenters. The lowest BCUT2D eigenvalue weighted by Crippen LogP contribution is -2.16. The zero-order chi connectivity index (χ0) is 27.8. The van der Waals surface area contributed by atoms with E-state index in [4.69, 9.17) is 32.8 Å². The van der Waals surface area contributed by atoms with Crippen LogP contribution in [0.2, 0.25) is 0 Å². The number of fused-ring (bicyclic) bond motifs is 1. The highest BCUT2D eigenvalue weighted by Gasteiger charge is 2.25. The maximum Gasteiger partial charge on any atom is 0.344 e. The first-order valence-corrected chi connectivity index (χ1v) is 11.8. The van der Waals surface area contributed by atoms with Crippen LogP contribution in [0.4, 0.5) is 0 Å². The number of carbonyl (C=O) groups is 3. The average Bonchev–Trinajstić information content (AvgIpc) is 2.91. The van der Waals surface area contributed by atoms with Crippen molar-refractivity contribution in [1.82, 2.24) is 0 Å². The molecule has 0 amide bonds. The lowest BCUT2D eigenvalue weighted by atomic mass is 10.0. The van der Waals surface area contributed by atoms with Gasteiger partial charge in [-0.05, 0) is 51.1 Å². The molecule has 2 aromatic carbocycles. The molecule has 38 heavy (non-hydrogen) atoms. The smallest absolute Gasteiger partial charge is 0.344 e. The van der Waals surface area contributed by atoms with Crippen molar-refractivity contribution in [2.45, 2.75) is 20.8 Å². The Morgan fingerprint density at radius 2 is 1.50 bits per heavy atom. The minimum absolute atomic E-state index is 0.00476. The Morgan fingerprint density at radius 1 is 0.816 bits per heavy atom. The van der Waals surface area contributed by atoms with E-state index in [2.05, 4.69) is 0 Å². The summed E-state index contributed by atoms with van der Waals surface area (Å²) in [5, 5.41) is -0.121. The van der Waals surface area contributed by atoms with Crippen molar-refractivity contribution in [3.63, 3.8) is 0 Å². The predicted molar refractivity (Wildman–Crippen MR) is 135 cm³/mol. The quantitative estimate of drug-likeness (QED) is 0.266. The Morgan fingerprint density at radius 3 is 2.13 bits per heavy atom. The average molecular weight is 529 g/mol. The number of rotatable bonds is 11. The molecular formula is C27H28O11. The van der Waals surface area contributed by atoms with Gasteiger partial charge in [-0.2, -0.15) is 0 Å². The molecule has 1 heterocycles. The summed E-state index contributed by atoms with van der Waals surface area (Å²) in [6, 6.07) is 7.17. The number of methoxy groups -OCH3 is 2. The molecule has 0 saturated heterocycles. The van der Waals surface area contributed by atoms with E-state index in [0.29, 0.717) is 11.3 Å². The zero-order valence-electron chi connectivity index (χ0n) is 21.7. The van der Waals surface area contributed by atoms with Crippen LogP contribution in [0.25, 0.3) is 22.3 Å². The number of hydrogen-bond acceptors (Lipinski definition) is 11. The van der Waals surface area contributed by atoms with Crippen LogP contribution in [0.3, 0.4) is 0 Å². The fourth-order valence-corrected chi connectivity index (χ4v) is 3.65. The van der Waals surface area contributed by atoms with Gasteiger partial charge in [-0.15, -0.1) is 0 Å². The molecule has 0 unspecified atom stereocenters. The summed E-state index contributed by atoms with van der Waals surface area (Å²) in [5.41, 5.74) is -0.565. The Balaban J connectivity index is 2.25. The van der Waals surface area contributed by atoms with Crippen molar-refractivity contribution >= 4 is 28.9 Å². The number of carbonyl (C=O) groups excluding carboxylic acids is 3. The lowest BCUT2D eigenvalue weighted by Gasteiger charge is -2.15. The van der Waals surface area contributed by atoms with Crippen molar-refractivity contribution in [3.05, 3.63) is 51.7 Å². The maximum atomic E-state index is 13.6. The molecule has 202 valence electrons. The molecule has 0 aliphatic carbocycles. The molecule has 3 aromatic rings. The third-order valence-corrected chi connectivity index (χ3v) is 5.24. The van der Waals surface area contributed by atoms with E-state index in [0.717, 1.165) is 0 Å². The van der Waals surface area contributed by atoms with Crippen LogP contribution in [0, 0.1) is 0 Å². The molecule has 0 saturated carbocycles. The Kier molecular flexibility index (Phi) is 9.31. The number of hydrogen-bond donors (Lipinski definition) is 0. The minimum atomic E-state index is -0.815. The Bertz CT molecular complexity index is 1400. The van der Waals surface area contributed by atoms with Crippen molar-refractivity contribution in [2.75, 3.05) is 40.6 Å². The molecular weight excluding hydrogens is 500 g/mol. The monoisotopic (exact) mass is 528 g/mol. The van der Waals surface area contributed by atoms with Crippen LogP contribution in [0.15, 0.2) is 39.5 Å². The van der Waals surface area contributed by atoms with Gasteiger partial charge < -0.3 is 32.8 Å². The van der Waals surface area contributed by atoms with E-state index in [9.17, 15) is 19.2 Å². The summed E-state index contributed by atoms with van der Waals surface area (Å²) in [7, 11) is 2.71. The molecule has 0 aliphatic heterocycles. The van der Waals surface area contributed by atoms with E-state index in [1.54, 1.807) is 32.9 Å². The second-order valence-electron chi connectivity index (χ2n) is 7.59. The standard InChI is InChI=1S/C27H28O11/c1-6-34-21(28)14-37-19-12-15(9-10-18(19)32-4)24-25(33-5)23(29)22-17(27(31)36-8-3)11-16(13-20(22)38-24)26(30)35-7-2/h9-13H,6-8,14H2,1-5H3. The molecule has 0 bridgehead atoms. The maximum absolute atomic E-state index is 13.6. The predicted octanol–water partition coefficient (Wildman–Crippen LogP) is 3.77. The van der Waals surface area contributed by atoms with Gasteiger partial charge in [0, 0.05) is 5.56 Å². The van der Waals surface area contributed by atoms with Crippen LogP contribution in [0.5, 0.6) is 17.2 Å². The molecule has 3 rings (SSSR count). The number of esters is 3. The van der Waals surface area contributed by atoms with E-state index < -0.39 is 23.3 Å². The van der Waals surface area contributed by atoms with Gasteiger partial charge in [-0.3, -0.25) is 4.79 Å². The summed E-state index contributed by atoms with van der Waals surface area (Å²) in [4.78, 5) is 50.6. The molecule has 0 radical (unpaired) electrons. The third kappa shape index (κ3) is 5.88. The van der Waals surface area contributed by atoms with Crippen molar-refractivity contribution in [3.8, 4) is 28.6 Å². The molecule has 1 aromatic heterocycles. The molecule has 0 N–H and O–H groups in total. The second-order valence-corrected chi connectivity index (χ2v) is 7.59. The van der Waals surface area contributed by atoms with Gasteiger partial charge in [0.15, 0.2) is 23.9 Å². The van der Waals surface area contributed by atoms with Gasteiger partial charge in [-0.25, -0.2) is 14.4 Å². The van der Waals surface area contributed by atoms with E-state index in [1.807, 2.05) is 0 Å². The molecule has 0 fully saturated rings. The largest absolute Gasteiger partial charge is 0.493 e. The first-order chi connectivity index (χ1) is 18.3. The van der Waals surface area contributed by atoms with E-state index in [-0.39, 0.29) is 65.8 Å². The van der Waals surface area contributed by atoms with Gasteiger partial charge in [0.1, 0.15) is 5.58 Å². The summed E-state index contributed by atoms with van der Waals surface area (Å²) >= 11 is 0. The van der Waals surface area contributed by atoms with E-state index >= 15 is 0 Å². The SMILES string of the molecule is CCOC(=O)COc1cc(-c2oc3cc(C(=O)OCC)cc(C(=O)OCC)c3c(=O)c2OC)ccc1OC. The zero-order valence-corrected chi connectivity index (χ0v) is 21.7. The molecule has 11 heteroatoms. The number of benzene rings is 2. The Hall–Kier alpha value is -4.54. The van der Waals surface area contributed by atoms with Crippen LogP contribution in [0.1, 0.15) is 41.5 Å². The lowest BCUT2D eigenvalue weighted by molar-refractivity contribution is -0.145. The molecule has 11 nitrogen and oxygen atoms in total. The van der Waals surface area contributed by atoms with Gasteiger partial charge in [0.05, 0.1) is 50.6 Å². The highest BCUT2D eigenvalue weighted by molar-refractivity contribution is 6.07. The van der Waals surface area contributed by atoms with E-state index in [1.165, 1.54) is 32.4 Å². The highest BCUT2D eigenvalue weighted by Crippen LogP contribution is 2.37. The number of ether oxygens (including phenoxy) is 6. The summed E-state index contributed by atoms with van der Waals surface area (Å²) in [6.07, 6.45) is 0. The van der Waals surface area contributed by atoms with Crippen LogP contribution >= 0.6 is 0 Å². The van der Waals surface area contributed by atoms with Crippen LogP contribution in [-0.2, 0) is 19.0 Å². The van der Waals surface area contributed by atoms with Crippen molar-refractivity contribution < 1.29 is 47.2 Å². The first kappa shape index (κ1) is 28.0. The summed E-state index contributed by atoms with van der Waals surface area (Å²) < 4.78 is 37.4.